The second-order valence-corrected chi connectivity index (χ2v) is 4.44. The van der Waals surface area contributed by atoms with Crippen LogP contribution < -0.4 is 20.5 Å². The minimum absolute atomic E-state index is 0.266. The number of rotatable bonds is 4. The van der Waals surface area contributed by atoms with E-state index < -0.39 is 0 Å². The number of benzene rings is 1. The first-order chi connectivity index (χ1) is 10.1. The molecule has 0 atom stereocenters. The van der Waals surface area contributed by atoms with Crippen LogP contribution in [0, 0.1) is 6.92 Å². The third-order valence-electron chi connectivity index (χ3n) is 3.08. The molecule has 6 nitrogen and oxygen atoms in total. The molecule has 0 aliphatic rings. The highest BCUT2D eigenvalue weighted by Crippen LogP contribution is 2.31. The highest BCUT2D eigenvalue weighted by atomic mass is 16.5. The number of aryl methyl sites for hydroxylation is 1. The molecule has 1 aromatic carbocycles. The number of pyridine rings is 1. The summed E-state index contributed by atoms with van der Waals surface area (Å²) in [7, 11) is 3.00. The highest BCUT2D eigenvalue weighted by molar-refractivity contribution is 6.09. The topological polar surface area (TPSA) is 86.5 Å². The van der Waals surface area contributed by atoms with Gasteiger partial charge in [0.05, 0.1) is 25.5 Å². The second-order valence-electron chi connectivity index (χ2n) is 4.44. The fraction of sp³-hybridized carbons (Fsp3) is 0.200. The summed E-state index contributed by atoms with van der Waals surface area (Å²) < 4.78 is 10.3. The van der Waals surface area contributed by atoms with Gasteiger partial charge in [-0.3, -0.25) is 9.78 Å². The third-order valence-corrected chi connectivity index (χ3v) is 3.08. The molecule has 0 saturated carbocycles. The maximum Gasteiger partial charge on any atom is 0.258 e. The summed E-state index contributed by atoms with van der Waals surface area (Å²) in [6.45, 7) is 1.86. The van der Waals surface area contributed by atoms with Crippen molar-refractivity contribution in [1.29, 1.82) is 0 Å². The van der Waals surface area contributed by atoms with Crippen molar-refractivity contribution in [3.8, 4) is 11.5 Å². The Morgan fingerprint density at radius 3 is 2.67 bits per heavy atom. The van der Waals surface area contributed by atoms with E-state index in [2.05, 4.69) is 10.3 Å². The molecule has 0 saturated heterocycles. The van der Waals surface area contributed by atoms with Gasteiger partial charge in [0.15, 0.2) is 0 Å². The number of aromatic nitrogens is 1. The molecule has 2 aromatic rings. The van der Waals surface area contributed by atoms with Gasteiger partial charge >= 0.3 is 0 Å². The van der Waals surface area contributed by atoms with Gasteiger partial charge < -0.3 is 20.5 Å². The van der Waals surface area contributed by atoms with Crippen LogP contribution in [0.5, 0.6) is 11.5 Å². The number of carbonyl (C=O) groups excluding carboxylic acids is 1. The second kappa shape index (κ2) is 6.13. The molecule has 1 amide bonds. The Morgan fingerprint density at radius 1 is 1.29 bits per heavy atom. The summed E-state index contributed by atoms with van der Waals surface area (Å²) in [5, 5.41) is 2.80. The van der Waals surface area contributed by atoms with Gasteiger partial charge in [-0.25, -0.2) is 0 Å². The van der Waals surface area contributed by atoms with E-state index in [9.17, 15) is 4.79 Å². The first-order valence-corrected chi connectivity index (χ1v) is 6.30. The number of amides is 1. The van der Waals surface area contributed by atoms with Crippen LogP contribution in [0.2, 0.25) is 0 Å². The van der Waals surface area contributed by atoms with Crippen LogP contribution in [-0.4, -0.2) is 25.1 Å². The zero-order chi connectivity index (χ0) is 15.4. The molecule has 0 radical (unpaired) electrons. The van der Waals surface area contributed by atoms with Crippen molar-refractivity contribution in [3.63, 3.8) is 0 Å². The smallest absolute Gasteiger partial charge is 0.258 e. The van der Waals surface area contributed by atoms with Crippen LogP contribution in [0.15, 0.2) is 30.6 Å². The van der Waals surface area contributed by atoms with Crippen molar-refractivity contribution >= 4 is 17.3 Å². The lowest BCUT2D eigenvalue weighted by Crippen LogP contribution is -2.15. The normalized spacial score (nSPS) is 10.0. The molecule has 6 heteroatoms. The summed E-state index contributed by atoms with van der Waals surface area (Å²) in [6, 6.07) is 4.92. The minimum atomic E-state index is -0.334. The maximum atomic E-state index is 12.4. The van der Waals surface area contributed by atoms with Crippen molar-refractivity contribution in [1.82, 2.24) is 4.98 Å². The Kier molecular flexibility index (Phi) is 4.27. The lowest BCUT2D eigenvalue weighted by molar-refractivity contribution is 0.102. The average Bonchev–Trinajstić information content (AvgIpc) is 2.49. The minimum Gasteiger partial charge on any atom is -0.497 e. The van der Waals surface area contributed by atoms with E-state index in [-0.39, 0.29) is 11.6 Å². The number of carbonyl (C=O) groups is 1. The highest BCUT2D eigenvalue weighted by Gasteiger charge is 2.16. The molecule has 0 aliphatic heterocycles. The predicted molar refractivity (Wildman–Crippen MR) is 80.9 cm³/mol. The lowest BCUT2D eigenvalue weighted by atomic mass is 10.1. The molecule has 1 aromatic heterocycles. The molecule has 0 aliphatic carbocycles. The number of hydrogen-bond acceptors (Lipinski definition) is 5. The molecular weight excluding hydrogens is 270 g/mol. The maximum absolute atomic E-state index is 12.4. The predicted octanol–water partition coefficient (Wildman–Crippen LogP) is 2.24. The largest absolute Gasteiger partial charge is 0.497 e. The van der Waals surface area contributed by atoms with E-state index in [1.54, 1.807) is 30.6 Å². The summed E-state index contributed by atoms with van der Waals surface area (Å²) in [6.07, 6.45) is 3.28. The molecule has 3 N–H and O–H groups in total. The fourth-order valence-corrected chi connectivity index (χ4v) is 1.88. The van der Waals surface area contributed by atoms with E-state index in [4.69, 9.17) is 15.2 Å². The number of methoxy groups -OCH3 is 2. The molecule has 0 bridgehead atoms. The molecule has 0 unspecified atom stereocenters. The zero-order valence-electron chi connectivity index (χ0n) is 12.1. The van der Waals surface area contributed by atoms with Crippen LogP contribution in [0.1, 0.15) is 15.9 Å². The van der Waals surface area contributed by atoms with Gasteiger partial charge in [0.1, 0.15) is 11.5 Å². The molecular formula is C15H17N3O3. The molecule has 110 valence electrons. The Morgan fingerprint density at radius 2 is 2.05 bits per heavy atom. The van der Waals surface area contributed by atoms with Gasteiger partial charge in [0.2, 0.25) is 0 Å². The van der Waals surface area contributed by atoms with Gasteiger partial charge in [-0.15, -0.1) is 0 Å². The van der Waals surface area contributed by atoms with Crippen LogP contribution in [0.4, 0.5) is 11.4 Å². The van der Waals surface area contributed by atoms with E-state index in [0.717, 1.165) is 5.56 Å². The van der Waals surface area contributed by atoms with Gasteiger partial charge in [-0.2, -0.15) is 0 Å². The summed E-state index contributed by atoms with van der Waals surface area (Å²) in [4.78, 5) is 16.4. The molecule has 0 fully saturated rings. The molecule has 1 heterocycles. The Balaban J connectivity index is 2.37. The molecule has 21 heavy (non-hydrogen) atoms. The van der Waals surface area contributed by atoms with E-state index in [1.165, 1.54) is 14.2 Å². The van der Waals surface area contributed by atoms with Crippen LogP contribution in [0.25, 0.3) is 0 Å². The summed E-state index contributed by atoms with van der Waals surface area (Å²) in [5.41, 5.74) is 8.05. The number of nitrogens with zero attached hydrogens (tertiary/aromatic N) is 1. The SMILES string of the molecule is COc1cc(OC)c(N)c(C(=O)Nc2ccncc2C)c1. The Bertz CT molecular complexity index is 671. The van der Waals surface area contributed by atoms with Crippen molar-refractivity contribution in [2.24, 2.45) is 0 Å². The zero-order valence-corrected chi connectivity index (χ0v) is 12.1. The van der Waals surface area contributed by atoms with E-state index in [1.807, 2.05) is 6.92 Å². The number of hydrogen-bond donors (Lipinski definition) is 2. The van der Waals surface area contributed by atoms with Crippen LogP contribution in [0.3, 0.4) is 0 Å². The van der Waals surface area contributed by atoms with Gasteiger partial charge in [0.25, 0.3) is 5.91 Å². The fourth-order valence-electron chi connectivity index (χ4n) is 1.88. The van der Waals surface area contributed by atoms with Gasteiger partial charge in [0, 0.05) is 24.1 Å². The summed E-state index contributed by atoms with van der Waals surface area (Å²) in [5.74, 6) is 0.558. The number of ether oxygens (including phenoxy) is 2. The molecule has 2 rings (SSSR count). The first kappa shape index (κ1) is 14.6. The van der Waals surface area contributed by atoms with Gasteiger partial charge in [-0.1, -0.05) is 0 Å². The first-order valence-electron chi connectivity index (χ1n) is 6.30. The average molecular weight is 287 g/mol. The molecule has 0 spiro atoms. The third kappa shape index (κ3) is 3.05. The van der Waals surface area contributed by atoms with Crippen molar-refractivity contribution in [2.75, 3.05) is 25.3 Å². The van der Waals surface area contributed by atoms with Crippen molar-refractivity contribution in [2.45, 2.75) is 6.92 Å². The van der Waals surface area contributed by atoms with Crippen LogP contribution in [-0.2, 0) is 0 Å². The number of nitrogen functional groups attached to an aromatic ring is 1. The Hall–Kier alpha value is -2.76. The summed E-state index contributed by atoms with van der Waals surface area (Å²) >= 11 is 0. The lowest BCUT2D eigenvalue weighted by Gasteiger charge is -2.13. The Labute approximate surface area is 122 Å². The number of nitrogens with one attached hydrogen (secondary N) is 1. The quantitative estimate of drug-likeness (QED) is 0.842. The van der Waals surface area contributed by atoms with E-state index in [0.29, 0.717) is 22.7 Å². The van der Waals surface area contributed by atoms with Crippen molar-refractivity contribution in [3.05, 3.63) is 41.7 Å². The van der Waals surface area contributed by atoms with Crippen molar-refractivity contribution < 1.29 is 14.3 Å². The van der Waals surface area contributed by atoms with Crippen LogP contribution >= 0.6 is 0 Å². The van der Waals surface area contributed by atoms with E-state index >= 15 is 0 Å². The number of nitrogens with two attached hydrogens (primary N) is 1. The number of anilines is 2. The monoisotopic (exact) mass is 287 g/mol. The standard InChI is InChI=1S/C15H17N3O3/c1-9-8-17-5-4-12(9)18-15(19)11-6-10(20-2)7-13(21-3)14(11)16/h4-8H,16H2,1-3H3,(H,17,18,19). The van der Waals surface area contributed by atoms with Gasteiger partial charge in [-0.05, 0) is 24.6 Å².